The molecule has 98 valence electrons. The van der Waals surface area contributed by atoms with E-state index in [0.29, 0.717) is 4.99 Å². The SMILES string of the molecule is NC(=S)CN(CC1CCOCC1)C1CCCC1. The van der Waals surface area contributed by atoms with Crippen molar-refractivity contribution in [3.05, 3.63) is 0 Å². The van der Waals surface area contributed by atoms with Gasteiger partial charge in [-0.05, 0) is 31.6 Å². The van der Waals surface area contributed by atoms with Crippen molar-refractivity contribution < 1.29 is 4.74 Å². The van der Waals surface area contributed by atoms with Crippen LogP contribution in [0.1, 0.15) is 38.5 Å². The largest absolute Gasteiger partial charge is 0.392 e. The third-order valence-corrected chi connectivity index (χ3v) is 4.16. The van der Waals surface area contributed by atoms with Gasteiger partial charge in [-0.2, -0.15) is 0 Å². The first-order chi connectivity index (χ1) is 8.25. The fraction of sp³-hybridized carbons (Fsp3) is 0.923. The average Bonchev–Trinajstić information content (AvgIpc) is 2.82. The second-order valence-electron chi connectivity index (χ2n) is 5.39. The van der Waals surface area contributed by atoms with Gasteiger partial charge in [0.2, 0.25) is 0 Å². The van der Waals surface area contributed by atoms with Crippen LogP contribution in [0.25, 0.3) is 0 Å². The third-order valence-electron chi connectivity index (χ3n) is 4.03. The second kappa shape index (κ2) is 6.66. The zero-order chi connectivity index (χ0) is 12.1. The maximum absolute atomic E-state index is 5.73. The van der Waals surface area contributed by atoms with E-state index in [4.69, 9.17) is 22.7 Å². The Kier molecular flexibility index (Phi) is 5.19. The van der Waals surface area contributed by atoms with Gasteiger partial charge in [0.05, 0.1) is 4.99 Å². The van der Waals surface area contributed by atoms with Crippen LogP contribution in [0.15, 0.2) is 0 Å². The van der Waals surface area contributed by atoms with Crippen LogP contribution in [0.4, 0.5) is 0 Å². The number of hydrogen-bond donors (Lipinski definition) is 1. The molecular weight excluding hydrogens is 232 g/mol. The maximum Gasteiger partial charge on any atom is 0.0870 e. The fourth-order valence-electron chi connectivity index (χ4n) is 3.07. The number of nitrogens with two attached hydrogens (primary N) is 1. The van der Waals surface area contributed by atoms with E-state index < -0.39 is 0 Å². The predicted octanol–water partition coefficient (Wildman–Crippen LogP) is 1.94. The van der Waals surface area contributed by atoms with E-state index in [1.165, 1.54) is 38.5 Å². The first-order valence-corrected chi connectivity index (χ1v) is 7.26. The normalized spacial score (nSPS) is 23.4. The Labute approximate surface area is 110 Å². The number of rotatable bonds is 5. The first-order valence-electron chi connectivity index (χ1n) is 6.86. The predicted molar refractivity (Wildman–Crippen MR) is 74.2 cm³/mol. The summed E-state index contributed by atoms with van der Waals surface area (Å²) >= 11 is 5.09. The zero-order valence-corrected chi connectivity index (χ0v) is 11.4. The molecule has 0 atom stereocenters. The van der Waals surface area contributed by atoms with Crippen molar-refractivity contribution in [3.63, 3.8) is 0 Å². The molecule has 4 heteroatoms. The topological polar surface area (TPSA) is 38.5 Å². The van der Waals surface area contributed by atoms with Crippen molar-refractivity contribution in [2.45, 2.75) is 44.6 Å². The van der Waals surface area contributed by atoms with Gasteiger partial charge in [-0.1, -0.05) is 25.1 Å². The van der Waals surface area contributed by atoms with Gasteiger partial charge in [-0.15, -0.1) is 0 Å². The number of hydrogen-bond acceptors (Lipinski definition) is 3. The lowest BCUT2D eigenvalue weighted by atomic mass is 9.98. The lowest BCUT2D eigenvalue weighted by molar-refractivity contribution is 0.0488. The van der Waals surface area contributed by atoms with E-state index in [1.807, 2.05) is 0 Å². The Morgan fingerprint density at radius 2 is 1.82 bits per heavy atom. The molecule has 0 aromatic rings. The summed E-state index contributed by atoms with van der Waals surface area (Å²) in [5, 5.41) is 0. The van der Waals surface area contributed by atoms with E-state index in [9.17, 15) is 0 Å². The summed E-state index contributed by atoms with van der Waals surface area (Å²) in [6.07, 6.45) is 7.78. The smallest absolute Gasteiger partial charge is 0.0870 e. The highest BCUT2D eigenvalue weighted by atomic mass is 32.1. The van der Waals surface area contributed by atoms with Crippen LogP contribution in [-0.2, 0) is 4.74 Å². The molecule has 0 aromatic heterocycles. The van der Waals surface area contributed by atoms with Crippen LogP contribution in [-0.4, -0.2) is 42.2 Å². The van der Waals surface area contributed by atoms with E-state index >= 15 is 0 Å². The molecule has 0 unspecified atom stereocenters. The van der Waals surface area contributed by atoms with Crippen LogP contribution in [0.3, 0.4) is 0 Å². The van der Waals surface area contributed by atoms with Crippen molar-refractivity contribution in [1.29, 1.82) is 0 Å². The maximum atomic E-state index is 5.73. The van der Waals surface area contributed by atoms with Gasteiger partial charge < -0.3 is 10.5 Å². The first kappa shape index (κ1) is 13.2. The standard InChI is InChI=1S/C13H24N2OS/c14-13(17)10-15(12-3-1-2-4-12)9-11-5-7-16-8-6-11/h11-12H,1-10H2,(H2,14,17). The number of thiocarbonyl (C=S) groups is 1. The molecule has 2 aliphatic rings. The molecule has 0 amide bonds. The summed E-state index contributed by atoms with van der Waals surface area (Å²) in [4.78, 5) is 3.18. The number of ether oxygens (including phenoxy) is 1. The van der Waals surface area contributed by atoms with Crippen molar-refractivity contribution in [2.75, 3.05) is 26.3 Å². The molecule has 1 aliphatic carbocycles. The van der Waals surface area contributed by atoms with E-state index in [1.54, 1.807) is 0 Å². The minimum Gasteiger partial charge on any atom is -0.392 e. The molecule has 1 heterocycles. The second-order valence-corrected chi connectivity index (χ2v) is 5.91. The van der Waals surface area contributed by atoms with E-state index in [2.05, 4.69) is 4.90 Å². The fourth-order valence-corrected chi connectivity index (χ4v) is 3.24. The lowest BCUT2D eigenvalue weighted by Crippen LogP contribution is -2.43. The summed E-state index contributed by atoms with van der Waals surface area (Å²) in [5.41, 5.74) is 5.73. The van der Waals surface area contributed by atoms with Gasteiger partial charge in [0.1, 0.15) is 0 Å². The van der Waals surface area contributed by atoms with Crippen molar-refractivity contribution in [2.24, 2.45) is 11.7 Å². The minimum atomic E-state index is 0.643. The van der Waals surface area contributed by atoms with Crippen LogP contribution in [0.5, 0.6) is 0 Å². The zero-order valence-electron chi connectivity index (χ0n) is 10.6. The molecule has 0 aromatic carbocycles. The summed E-state index contributed by atoms with van der Waals surface area (Å²) in [7, 11) is 0. The molecule has 2 rings (SSSR count). The van der Waals surface area contributed by atoms with Crippen LogP contribution < -0.4 is 5.73 Å². The molecule has 0 spiro atoms. The molecule has 1 aliphatic heterocycles. The minimum absolute atomic E-state index is 0.643. The summed E-state index contributed by atoms with van der Waals surface area (Å²) in [6.45, 7) is 3.81. The Morgan fingerprint density at radius 3 is 2.41 bits per heavy atom. The van der Waals surface area contributed by atoms with E-state index in [0.717, 1.165) is 38.3 Å². The monoisotopic (exact) mass is 256 g/mol. The van der Waals surface area contributed by atoms with Gasteiger partial charge in [0.15, 0.2) is 0 Å². The Balaban J connectivity index is 1.86. The van der Waals surface area contributed by atoms with Gasteiger partial charge in [0, 0.05) is 32.3 Å². The molecule has 3 nitrogen and oxygen atoms in total. The quantitative estimate of drug-likeness (QED) is 0.763. The summed E-state index contributed by atoms with van der Waals surface area (Å²) < 4.78 is 5.42. The van der Waals surface area contributed by atoms with Gasteiger partial charge in [0.25, 0.3) is 0 Å². The summed E-state index contributed by atoms with van der Waals surface area (Å²) in [6, 6.07) is 0.722. The van der Waals surface area contributed by atoms with Crippen molar-refractivity contribution >= 4 is 17.2 Å². The van der Waals surface area contributed by atoms with Crippen LogP contribution in [0.2, 0.25) is 0 Å². The molecule has 2 N–H and O–H groups in total. The molecule has 2 fully saturated rings. The number of nitrogens with zero attached hydrogens (tertiary/aromatic N) is 1. The lowest BCUT2D eigenvalue weighted by Gasteiger charge is -2.33. The van der Waals surface area contributed by atoms with Crippen LogP contribution in [0, 0.1) is 5.92 Å². The van der Waals surface area contributed by atoms with E-state index in [-0.39, 0.29) is 0 Å². The molecule has 0 bridgehead atoms. The highest BCUT2D eigenvalue weighted by molar-refractivity contribution is 7.80. The Hall–Kier alpha value is -0.190. The Morgan fingerprint density at radius 1 is 1.18 bits per heavy atom. The van der Waals surface area contributed by atoms with Gasteiger partial charge in [-0.3, -0.25) is 4.90 Å². The van der Waals surface area contributed by atoms with Crippen molar-refractivity contribution in [1.82, 2.24) is 4.90 Å². The third kappa shape index (κ3) is 4.19. The molecule has 1 saturated carbocycles. The Bertz CT molecular complexity index is 248. The molecule has 1 saturated heterocycles. The van der Waals surface area contributed by atoms with Crippen LogP contribution >= 0.6 is 12.2 Å². The highest BCUT2D eigenvalue weighted by Crippen LogP contribution is 2.26. The summed E-state index contributed by atoms with van der Waals surface area (Å²) in [5.74, 6) is 0.777. The van der Waals surface area contributed by atoms with Crippen molar-refractivity contribution in [3.8, 4) is 0 Å². The average molecular weight is 256 g/mol. The van der Waals surface area contributed by atoms with Gasteiger partial charge >= 0.3 is 0 Å². The molecular formula is C13H24N2OS. The van der Waals surface area contributed by atoms with Gasteiger partial charge in [-0.25, -0.2) is 0 Å². The highest BCUT2D eigenvalue weighted by Gasteiger charge is 2.26. The molecule has 17 heavy (non-hydrogen) atoms. The molecule has 0 radical (unpaired) electrons.